The number of rotatable bonds is 8. The number of hydrogen-bond donors (Lipinski definition) is 3. The normalized spacial score (nSPS) is 15.9. The molecule has 3 aromatic carbocycles. The first-order valence-corrected chi connectivity index (χ1v) is 17.2. The highest BCUT2D eigenvalue weighted by molar-refractivity contribution is 6.20. The van der Waals surface area contributed by atoms with Crippen LogP contribution in [0.5, 0.6) is 0 Å². The monoisotopic (exact) mass is 693 g/mol. The van der Waals surface area contributed by atoms with Crippen molar-refractivity contribution in [1.29, 1.82) is 0 Å². The first kappa shape index (κ1) is 34.0. The molecule has 4 heterocycles. The summed E-state index contributed by atoms with van der Waals surface area (Å²) in [6.07, 6.45) is 4.20. The van der Waals surface area contributed by atoms with Crippen molar-refractivity contribution >= 4 is 58.1 Å². The molecule has 2 atom stereocenters. The van der Waals surface area contributed by atoms with Crippen molar-refractivity contribution in [2.45, 2.75) is 46.7 Å². The molecular formula is C40H39N9O3. The maximum atomic E-state index is 13.7. The fourth-order valence-corrected chi connectivity index (χ4v) is 6.31. The zero-order valence-corrected chi connectivity index (χ0v) is 29.6. The number of fused-ring (bicyclic) bond motifs is 2. The second kappa shape index (κ2) is 14.1. The van der Waals surface area contributed by atoms with Crippen LogP contribution in [0.1, 0.15) is 58.6 Å². The molecule has 12 nitrogen and oxygen atoms in total. The summed E-state index contributed by atoms with van der Waals surface area (Å²) in [4.78, 5) is 62.3. The first-order valence-electron chi connectivity index (χ1n) is 17.2. The van der Waals surface area contributed by atoms with E-state index in [1.165, 1.54) is 4.90 Å². The van der Waals surface area contributed by atoms with Crippen molar-refractivity contribution in [3.05, 3.63) is 125 Å². The van der Waals surface area contributed by atoms with Crippen molar-refractivity contribution in [3.8, 4) is 0 Å². The molecular weight excluding hydrogens is 655 g/mol. The van der Waals surface area contributed by atoms with Gasteiger partial charge in [0.25, 0.3) is 5.91 Å². The van der Waals surface area contributed by atoms with E-state index in [4.69, 9.17) is 4.99 Å². The lowest BCUT2D eigenvalue weighted by Crippen LogP contribution is -2.46. The minimum absolute atomic E-state index is 0.0235. The highest BCUT2D eigenvalue weighted by Crippen LogP contribution is 2.34. The number of amides is 4. The van der Waals surface area contributed by atoms with E-state index in [2.05, 4.69) is 30.9 Å². The molecule has 0 radical (unpaired) electrons. The molecule has 262 valence electrons. The Balaban J connectivity index is 1.12. The Morgan fingerprint density at radius 1 is 0.962 bits per heavy atom. The lowest BCUT2D eigenvalue weighted by atomic mass is 9.97. The molecule has 7 rings (SSSR count). The predicted octanol–water partition coefficient (Wildman–Crippen LogP) is 7.26. The van der Waals surface area contributed by atoms with Crippen LogP contribution in [0.15, 0.2) is 96.2 Å². The number of pyridine rings is 1. The third-order valence-electron chi connectivity index (χ3n) is 9.49. The van der Waals surface area contributed by atoms with Gasteiger partial charge >= 0.3 is 6.03 Å². The number of carbonyl (C=O) groups excluding carboxylic acids is 3. The topological polar surface area (TPSA) is 145 Å². The fourth-order valence-electron chi connectivity index (χ4n) is 6.31. The minimum Gasteiger partial charge on any atom is -0.324 e. The van der Waals surface area contributed by atoms with E-state index < -0.39 is 6.04 Å². The molecule has 0 saturated heterocycles. The van der Waals surface area contributed by atoms with Crippen LogP contribution in [-0.2, 0) is 11.3 Å². The van der Waals surface area contributed by atoms with E-state index in [0.29, 0.717) is 40.1 Å². The number of aliphatic imine (C=N–C) groups is 1. The van der Waals surface area contributed by atoms with Crippen molar-refractivity contribution in [2.24, 2.45) is 10.9 Å². The summed E-state index contributed by atoms with van der Waals surface area (Å²) in [5.74, 6) is 0.316. The number of nitrogens with zero attached hydrogens (tertiary/aromatic N) is 6. The van der Waals surface area contributed by atoms with Crippen molar-refractivity contribution in [3.63, 3.8) is 0 Å². The molecule has 12 heteroatoms. The van der Waals surface area contributed by atoms with Gasteiger partial charge in [0.1, 0.15) is 11.9 Å². The Labute approximate surface area is 302 Å². The molecule has 2 aliphatic heterocycles. The van der Waals surface area contributed by atoms with E-state index in [1.54, 1.807) is 48.6 Å². The number of benzodiazepines with no additional fused rings is 1. The summed E-state index contributed by atoms with van der Waals surface area (Å²) in [6, 6.07) is 23.4. The Hall–Kier alpha value is -6.43. The number of nitrogens with one attached hydrogen (secondary N) is 3. The van der Waals surface area contributed by atoms with Crippen molar-refractivity contribution in [2.75, 3.05) is 32.8 Å². The molecule has 0 aliphatic carbocycles. The smallest absolute Gasteiger partial charge is 0.324 e. The maximum Gasteiger partial charge on any atom is 0.330 e. The Bertz CT molecular complexity index is 2220. The molecule has 0 saturated carbocycles. The summed E-state index contributed by atoms with van der Waals surface area (Å²) in [5, 5.41) is 9.17. The third kappa shape index (κ3) is 6.70. The molecule has 52 heavy (non-hydrogen) atoms. The molecule has 2 aromatic heterocycles. The molecule has 0 bridgehead atoms. The number of anilines is 6. The lowest BCUT2D eigenvalue weighted by molar-refractivity contribution is -0.118. The van der Waals surface area contributed by atoms with Crippen molar-refractivity contribution in [1.82, 2.24) is 15.0 Å². The average Bonchev–Trinajstić information content (AvgIpc) is 3.30. The van der Waals surface area contributed by atoms with E-state index in [-0.39, 0.29) is 30.3 Å². The number of aryl methyl sites for hydroxylation is 2. The third-order valence-corrected chi connectivity index (χ3v) is 9.49. The second-order valence-corrected chi connectivity index (χ2v) is 13.2. The number of aromatic nitrogens is 3. The molecule has 2 aliphatic rings. The molecule has 3 N–H and O–H groups in total. The average molecular weight is 694 g/mol. The van der Waals surface area contributed by atoms with Gasteiger partial charge in [0.05, 0.1) is 35.5 Å². The number of hydrogen-bond acceptors (Lipinski definition) is 8. The maximum absolute atomic E-state index is 13.7. The summed E-state index contributed by atoms with van der Waals surface area (Å²) in [7, 11) is 1.68. The van der Waals surface area contributed by atoms with Crippen LogP contribution in [0.25, 0.3) is 0 Å². The van der Waals surface area contributed by atoms with Gasteiger partial charge in [0.15, 0.2) is 0 Å². The predicted molar refractivity (Wildman–Crippen MR) is 204 cm³/mol. The van der Waals surface area contributed by atoms with Crippen LogP contribution in [-0.4, -0.2) is 51.6 Å². The summed E-state index contributed by atoms with van der Waals surface area (Å²) in [5.41, 5.74) is 7.63. The van der Waals surface area contributed by atoms with Crippen LogP contribution >= 0.6 is 0 Å². The summed E-state index contributed by atoms with van der Waals surface area (Å²) in [6.45, 7) is 8.13. The van der Waals surface area contributed by atoms with E-state index >= 15 is 0 Å². The van der Waals surface area contributed by atoms with Crippen LogP contribution in [0.3, 0.4) is 0 Å². The van der Waals surface area contributed by atoms with E-state index in [9.17, 15) is 14.4 Å². The zero-order valence-electron chi connectivity index (χ0n) is 29.6. The SMILES string of the molecule is CC[C@@H](C)C1N=C(c2ccccc2)c2ccc(C(=O)Nc3ccc(C)c(N4Cc5cnc(Nc6ccc(C)nc6)nc5N(C)C4=O)c3)cc2NC1=O. The lowest BCUT2D eigenvalue weighted by Gasteiger charge is -2.35. The van der Waals surface area contributed by atoms with Gasteiger partial charge in [-0.15, -0.1) is 0 Å². The number of urea groups is 1. The Morgan fingerprint density at radius 2 is 1.75 bits per heavy atom. The number of carbonyl (C=O) groups is 3. The molecule has 5 aromatic rings. The standard InChI is InChI=1S/C40H39N9O3/c1-6-23(2)34-38(51)45-32-18-27(14-17-31(32)35(46-34)26-10-8-7-9-11-26)37(50)43-29-15-12-24(3)33(19-29)49-22-28-20-42-39(47-36(28)48(5)40(49)52)44-30-16-13-25(4)41-21-30/h7-21,23,34H,6,22H2,1-5H3,(H,43,50)(H,45,51)(H,42,44,47)/t23-,34?/m1/s1. The van der Waals surface area contributed by atoms with Crippen molar-refractivity contribution < 1.29 is 14.4 Å². The van der Waals surface area contributed by atoms with Gasteiger partial charge in [-0.2, -0.15) is 4.98 Å². The molecule has 0 spiro atoms. The highest BCUT2D eigenvalue weighted by Gasteiger charge is 2.32. The van der Waals surface area contributed by atoms with Crippen LogP contribution < -0.4 is 25.8 Å². The van der Waals surface area contributed by atoms with Crippen LogP contribution in [0.2, 0.25) is 0 Å². The van der Waals surface area contributed by atoms with E-state index in [1.807, 2.05) is 82.3 Å². The summed E-state index contributed by atoms with van der Waals surface area (Å²) < 4.78 is 0. The fraction of sp³-hybridized carbons (Fsp3) is 0.225. The van der Waals surface area contributed by atoms with Gasteiger partial charge in [0.2, 0.25) is 11.9 Å². The Morgan fingerprint density at radius 3 is 2.50 bits per heavy atom. The molecule has 4 amide bonds. The summed E-state index contributed by atoms with van der Waals surface area (Å²) >= 11 is 0. The van der Waals surface area contributed by atoms with Gasteiger partial charge in [-0.25, -0.2) is 9.78 Å². The minimum atomic E-state index is -0.569. The first-order chi connectivity index (χ1) is 25.1. The molecule has 0 fully saturated rings. The zero-order chi connectivity index (χ0) is 36.5. The van der Waals surface area contributed by atoms with Crippen LogP contribution in [0, 0.1) is 19.8 Å². The van der Waals surface area contributed by atoms with Gasteiger partial charge in [0, 0.05) is 46.9 Å². The number of benzene rings is 3. The van der Waals surface area contributed by atoms with Gasteiger partial charge in [-0.05, 0) is 67.8 Å². The quantitative estimate of drug-likeness (QED) is 0.155. The van der Waals surface area contributed by atoms with Crippen LogP contribution in [0.4, 0.5) is 39.3 Å². The van der Waals surface area contributed by atoms with Gasteiger partial charge in [-0.3, -0.25) is 29.4 Å². The second-order valence-electron chi connectivity index (χ2n) is 13.2. The van der Waals surface area contributed by atoms with Gasteiger partial charge in [-0.1, -0.05) is 56.7 Å². The highest BCUT2D eigenvalue weighted by atomic mass is 16.2. The van der Waals surface area contributed by atoms with Gasteiger partial charge < -0.3 is 16.0 Å². The largest absolute Gasteiger partial charge is 0.330 e. The van der Waals surface area contributed by atoms with E-state index in [0.717, 1.165) is 40.1 Å². The Kier molecular flexibility index (Phi) is 9.20. The molecule has 1 unspecified atom stereocenters.